The van der Waals surface area contributed by atoms with Gasteiger partial charge in [-0.05, 0) is 17.5 Å². The van der Waals surface area contributed by atoms with E-state index in [-0.39, 0.29) is 5.97 Å². The summed E-state index contributed by atoms with van der Waals surface area (Å²) < 4.78 is 4.63. The molecular weight excluding hydrogens is 176 g/mol. The van der Waals surface area contributed by atoms with Crippen molar-refractivity contribution in [3.63, 3.8) is 0 Å². The van der Waals surface area contributed by atoms with Gasteiger partial charge in [-0.1, -0.05) is 35.9 Å². The van der Waals surface area contributed by atoms with Gasteiger partial charge in [0.2, 0.25) is 0 Å². The highest BCUT2D eigenvalue weighted by Crippen LogP contribution is 2.26. The van der Waals surface area contributed by atoms with Gasteiger partial charge < -0.3 is 4.74 Å². The Labute approximate surface area is 83.2 Å². The second kappa shape index (κ2) is 3.66. The first-order chi connectivity index (χ1) is 6.79. The summed E-state index contributed by atoms with van der Waals surface area (Å²) in [5.41, 5.74) is 3.66. The molecule has 2 nitrogen and oxygen atoms in total. The third-order valence-electron chi connectivity index (χ3n) is 2.43. The molecule has 0 spiro atoms. The van der Waals surface area contributed by atoms with E-state index in [1.54, 1.807) is 0 Å². The van der Waals surface area contributed by atoms with Gasteiger partial charge >= 0.3 is 5.97 Å². The first-order valence-electron chi connectivity index (χ1n) is 4.64. The highest BCUT2D eigenvalue weighted by atomic mass is 16.5. The first-order valence-corrected chi connectivity index (χ1v) is 4.64. The van der Waals surface area contributed by atoms with Crippen LogP contribution in [0.15, 0.2) is 29.8 Å². The Morgan fingerprint density at radius 2 is 2.21 bits per heavy atom. The topological polar surface area (TPSA) is 26.3 Å². The van der Waals surface area contributed by atoms with Crippen LogP contribution in [0.1, 0.15) is 17.5 Å². The summed E-state index contributed by atoms with van der Waals surface area (Å²) in [6, 6.07) is 8.19. The Morgan fingerprint density at radius 3 is 2.93 bits per heavy atom. The Morgan fingerprint density at radius 1 is 1.43 bits per heavy atom. The Hall–Kier alpha value is -1.57. The van der Waals surface area contributed by atoms with Crippen LogP contribution in [-0.2, 0) is 16.0 Å². The Balaban J connectivity index is 2.12. The summed E-state index contributed by atoms with van der Waals surface area (Å²) >= 11 is 0. The van der Waals surface area contributed by atoms with Crippen LogP contribution in [0.2, 0.25) is 0 Å². The molecular formula is C12H12O2. The van der Waals surface area contributed by atoms with Gasteiger partial charge in [0.1, 0.15) is 0 Å². The van der Waals surface area contributed by atoms with Gasteiger partial charge in [-0.15, -0.1) is 0 Å². The molecule has 0 heterocycles. The standard InChI is InChI=1S/C12H12O2/c1-14-12(13)8-9-6-10-4-2-3-5-11(10)7-9/h2-6H,7-8H2,1H3. The number of hydrogen-bond acceptors (Lipinski definition) is 2. The second-order valence-corrected chi connectivity index (χ2v) is 3.43. The van der Waals surface area contributed by atoms with E-state index in [2.05, 4.69) is 22.9 Å². The molecule has 0 N–H and O–H groups in total. The predicted octanol–water partition coefficient (Wildman–Crippen LogP) is 2.19. The van der Waals surface area contributed by atoms with Crippen molar-refractivity contribution in [2.45, 2.75) is 12.8 Å². The van der Waals surface area contributed by atoms with E-state index >= 15 is 0 Å². The van der Waals surface area contributed by atoms with E-state index in [1.807, 2.05) is 12.1 Å². The van der Waals surface area contributed by atoms with E-state index in [1.165, 1.54) is 18.2 Å². The Kier molecular flexibility index (Phi) is 2.35. The van der Waals surface area contributed by atoms with Gasteiger partial charge in [-0.2, -0.15) is 0 Å². The fourth-order valence-corrected chi connectivity index (χ4v) is 1.72. The molecule has 1 aliphatic carbocycles. The summed E-state index contributed by atoms with van der Waals surface area (Å²) in [5.74, 6) is -0.163. The molecule has 1 aliphatic rings. The molecule has 0 saturated carbocycles. The summed E-state index contributed by atoms with van der Waals surface area (Å²) in [7, 11) is 1.42. The molecule has 1 aromatic rings. The third-order valence-corrected chi connectivity index (χ3v) is 2.43. The van der Waals surface area contributed by atoms with Crippen LogP contribution in [0, 0.1) is 0 Å². The molecule has 0 unspecified atom stereocenters. The first kappa shape index (κ1) is 9.00. The average Bonchev–Trinajstić information content (AvgIpc) is 2.59. The van der Waals surface area contributed by atoms with Crippen molar-refractivity contribution in [2.75, 3.05) is 7.11 Å². The number of benzene rings is 1. The lowest BCUT2D eigenvalue weighted by atomic mass is 10.1. The number of carbonyl (C=O) groups is 1. The number of methoxy groups -OCH3 is 1. The zero-order valence-electron chi connectivity index (χ0n) is 8.12. The SMILES string of the molecule is COC(=O)CC1=Cc2ccccc2C1. The second-order valence-electron chi connectivity index (χ2n) is 3.43. The van der Waals surface area contributed by atoms with Crippen molar-refractivity contribution in [2.24, 2.45) is 0 Å². The molecule has 14 heavy (non-hydrogen) atoms. The van der Waals surface area contributed by atoms with Crippen molar-refractivity contribution in [3.8, 4) is 0 Å². The highest BCUT2D eigenvalue weighted by molar-refractivity contribution is 5.77. The molecule has 0 radical (unpaired) electrons. The lowest BCUT2D eigenvalue weighted by Gasteiger charge is -1.99. The smallest absolute Gasteiger partial charge is 0.309 e. The fraction of sp³-hybridized carbons (Fsp3) is 0.250. The van der Waals surface area contributed by atoms with Gasteiger partial charge in [-0.3, -0.25) is 4.79 Å². The summed E-state index contributed by atoms with van der Waals surface area (Å²) in [5, 5.41) is 0. The maximum Gasteiger partial charge on any atom is 0.309 e. The maximum absolute atomic E-state index is 11.1. The zero-order valence-corrected chi connectivity index (χ0v) is 8.12. The Bertz CT molecular complexity index is 391. The van der Waals surface area contributed by atoms with Gasteiger partial charge in [0.15, 0.2) is 0 Å². The molecule has 72 valence electrons. The van der Waals surface area contributed by atoms with Gasteiger partial charge in [0.25, 0.3) is 0 Å². The molecule has 0 amide bonds. The number of fused-ring (bicyclic) bond motifs is 1. The number of ether oxygens (including phenoxy) is 1. The number of rotatable bonds is 2. The highest BCUT2D eigenvalue weighted by Gasteiger charge is 2.14. The van der Waals surface area contributed by atoms with Crippen LogP contribution in [-0.4, -0.2) is 13.1 Å². The van der Waals surface area contributed by atoms with Crippen molar-refractivity contribution in [3.05, 3.63) is 41.0 Å². The minimum Gasteiger partial charge on any atom is -0.469 e. The molecule has 1 aromatic carbocycles. The van der Waals surface area contributed by atoms with Crippen LogP contribution >= 0.6 is 0 Å². The molecule has 0 fully saturated rings. The fourth-order valence-electron chi connectivity index (χ4n) is 1.72. The summed E-state index contributed by atoms with van der Waals surface area (Å²) in [6.07, 6.45) is 3.36. The van der Waals surface area contributed by atoms with Gasteiger partial charge in [0.05, 0.1) is 13.5 Å². The van der Waals surface area contributed by atoms with Crippen LogP contribution in [0.25, 0.3) is 6.08 Å². The van der Waals surface area contributed by atoms with Crippen LogP contribution < -0.4 is 0 Å². The number of carbonyl (C=O) groups excluding carboxylic acids is 1. The summed E-state index contributed by atoms with van der Waals surface area (Å²) in [4.78, 5) is 11.1. The monoisotopic (exact) mass is 188 g/mol. The van der Waals surface area contributed by atoms with E-state index in [0.29, 0.717) is 6.42 Å². The van der Waals surface area contributed by atoms with Gasteiger partial charge in [0, 0.05) is 0 Å². The largest absolute Gasteiger partial charge is 0.469 e. The quantitative estimate of drug-likeness (QED) is 0.665. The summed E-state index contributed by atoms with van der Waals surface area (Å²) in [6.45, 7) is 0. The van der Waals surface area contributed by atoms with Crippen molar-refractivity contribution in [1.29, 1.82) is 0 Å². The normalized spacial score (nSPS) is 13.4. The molecule has 0 aromatic heterocycles. The van der Waals surface area contributed by atoms with Crippen molar-refractivity contribution >= 4 is 12.0 Å². The molecule has 0 atom stereocenters. The lowest BCUT2D eigenvalue weighted by molar-refractivity contribution is -0.139. The van der Waals surface area contributed by atoms with Crippen molar-refractivity contribution in [1.82, 2.24) is 0 Å². The molecule has 0 saturated heterocycles. The van der Waals surface area contributed by atoms with Crippen LogP contribution in [0.5, 0.6) is 0 Å². The van der Waals surface area contributed by atoms with Gasteiger partial charge in [-0.25, -0.2) is 0 Å². The minimum absolute atomic E-state index is 0.163. The number of hydrogen-bond donors (Lipinski definition) is 0. The third kappa shape index (κ3) is 1.69. The van der Waals surface area contributed by atoms with E-state index in [9.17, 15) is 4.79 Å². The predicted molar refractivity (Wildman–Crippen MR) is 54.8 cm³/mol. The zero-order chi connectivity index (χ0) is 9.97. The molecule has 2 heteroatoms. The van der Waals surface area contributed by atoms with E-state index < -0.39 is 0 Å². The molecule has 0 bridgehead atoms. The molecule has 0 aliphatic heterocycles. The van der Waals surface area contributed by atoms with Crippen molar-refractivity contribution < 1.29 is 9.53 Å². The van der Waals surface area contributed by atoms with E-state index in [4.69, 9.17) is 0 Å². The van der Waals surface area contributed by atoms with Crippen LogP contribution in [0.4, 0.5) is 0 Å². The number of esters is 1. The molecule has 2 rings (SSSR count). The minimum atomic E-state index is -0.163. The average molecular weight is 188 g/mol. The van der Waals surface area contributed by atoms with Crippen LogP contribution in [0.3, 0.4) is 0 Å². The maximum atomic E-state index is 11.1. The lowest BCUT2D eigenvalue weighted by Crippen LogP contribution is -2.01. The van der Waals surface area contributed by atoms with E-state index in [0.717, 1.165) is 12.0 Å².